The van der Waals surface area contributed by atoms with Crippen LogP contribution in [0.1, 0.15) is 33.3 Å². The summed E-state index contributed by atoms with van der Waals surface area (Å²) in [5.41, 5.74) is 3.34. The number of furan rings is 1. The largest absolute Gasteiger partial charge is 0.463 e. The predicted molar refractivity (Wildman–Crippen MR) is 131 cm³/mol. The highest BCUT2D eigenvalue weighted by Crippen LogP contribution is 2.38. The third-order valence-electron chi connectivity index (χ3n) is 5.27. The molecular formula is C25H19FN2O4S2. The summed E-state index contributed by atoms with van der Waals surface area (Å²) in [6.07, 6.45) is 1.54. The fraction of sp³-hybridized carbons (Fsp3) is 0.120. The fourth-order valence-electron chi connectivity index (χ4n) is 3.79. The topological polar surface area (TPSA) is 73.5 Å². The summed E-state index contributed by atoms with van der Waals surface area (Å²) in [6, 6.07) is 13.4. The van der Waals surface area contributed by atoms with Crippen molar-refractivity contribution < 1.29 is 23.1 Å². The fourth-order valence-corrected chi connectivity index (χ4v) is 5.56. The Kier molecular flexibility index (Phi) is 6.04. The second kappa shape index (κ2) is 9.28. The minimum Gasteiger partial charge on any atom is -0.463 e. The lowest BCUT2D eigenvalue weighted by Crippen LogP contribution is -2.19. The maximum absolute atomic E-state index is 13.7. The number of benzene rings is 1. The van der Waals surface area contributed by atoms with Crippen LogP contribution in [0.5, 0.6) is 0 Å². The molecule has 0 bridgehead atoms. The molecule has 34 heavy (non-hydrogen) atoms. The highest BCUT2D eigenvalue weighted by atomic mass is 32.1. The highest BCUT2D eigenvalue weighted by molar-refractivity contribution is 7.17. The molecule has 0 aliphatic carbocycles. The molecule has 4 aromatic heterocycles. The maximum Gasteiger partial charge on any atom is 0.341 e. The van der Waals surface area contributed by atoms with E-state index >= 15 is 0 Å². The van der Waals surface area contributed by atoms with Gasteiger partial charge in [-0.3, -0.25) is 4.79 Å². The van der Waals surface area contributed by atoms with Crippen molar-refractivity contribution in [2.24, 2.45) is 0 Å². The number of esters is 1. The monoisotopic (exact) mass is 494 g/mol. The van der Waals surface area contributed by atoms with Crippen LogP contribution in [0.2, 0.25) is 0 Å². The zero-order valence-corrected chi connectivity index (χ0v) is 19.7. The number of thiophene rings is 2. The second-order valence-corrected chi connectivity index (χ2v) is 9.25. The van der Waals surface area contributed by atoms with E-state index in [9.17, 15) is 14.0 Å². The first kappa shape index (κ1) is 22.1. The number of hydrogen-bond donors (Lipinski definition) is 1. The van der Waals surface area contributed by atoms with Crippen LogP contribution < -0.4 is 5.32 Å². The number of amides is 1. The Balaban J connectivity index is 1.51. The van der Waals surface area contributed by atoms with Crippen LogP contribution in [0.3, 0.4) is 0 Å². The van der Waals surface area contributed by atoms with E-state index in [-0.39, 0.29) is 19.0 Å². The number of rotatable bonds is 7. The average Bonchev–Trinajstić information content (AvgIpc) is 3.59. The molecule has 5 rings (SSSR count). The maximum atomic E-state index is 13.7. The van der Waals surface area contributed by atoms with Gasteiger partial charge in [-0.2, -0.15) is 0 Å². The van der Waals surface area contributed by atoms with Crippen LogP contribution in [-0.2, 0) is 11.3 Å². The summed E-state index contributed by atoms with van der Waals surface area (Å²) in [4.78, 5) is 27.1. The Morgan fingerprint density at radius 2 is 2.03 bits per heavy atom. The molecule has 0 unspecified atom stereocenters. The van der Waals surface area contributed by atoms with Gasteiger partial charge in [0, 0.05) is 34.5 Å². The minimum atomic E-state index is -0.494. The number of aromatic nitrogens is 1. The normalized spacial score (nSPS) is 11.1. The Morgan fingerprint density at radius 3 is 2.79 bits per heavy atom. The molecule has 5 aromatic rings. The first-order valence-corrected chi connectivity index (χ1v) is 12.3. The Morgan fingerprint density at radius 1 is 1.15 bits per heavy atom. The molecule has 0 saturated heterocycles. The van der Waals surface area contributed by atoms with Gasteiger partial charge in [0.25, 0.3) is 5.91 Å². The molecule has 0 saturated carbocycles. The lowest BCUT2D eigenvalue weighted by molar-refractivity contribution is 0.0529. The molecule has 1 aromatic carbocycles. The highest BCUT2D eigenvalue weighted by Gasteiger charge is 2.25. The molecule has 4 heterocycles. The predicted octanol–water partition coefficient (Wildman–Crippen LogP) is 6.64. The van der Waals surface area contributed by atoms with Gasteiger partial charge in [0.05, 0.1) is 18.4 Å². The summed E-state index contributed by atoms with van der Waals surface area (Å²) in [6.45, 7) is 2.24. The molecule has 0 radical (unpaired) electrons. The molecule has 9 heteroatoms. The number of nitrogens with one attached hydrogen (secondary N) is 1. The van der Waals surface area contributed by atoms with E-state index < -0.39 is 11.9 Å². The summed E-state index contributed by atoms with van der Waals surface area (Å²) in [5, 5.41) is 7.05. The zero-order chi connectivity index (χ0) is 23.7. The van der Waals surface area contributed by atoms with Gasteiger partial charge in [-0.05, 0) is 36.1 Å². The zero-order valence-electron chi connectivity index (χ0n) is 18.0. The third-order valence-corrected chi connectivity index (χ3v) is 7.07. The van der Waals surface area contributed by atoms with Gasteiger partial charge in [0.15, 0.2) is 5.58 Å². The molecule has 1 N–H and O–H groups in total. The molecule has 1 amide bonds. The van der Waals surface area contributed by atoms with E-state index in [1.807, 2.05) is 22.9 Å². The van der Waals surface area contributed by atoms with Crippen LogP contribution >= 0.6 is 22.7 Å². The number of ether oxygens (including phenoxy) is 1. The molecule has 6 nitrogen and oxygen atoms in total. The van der Waals surface area contributed by atoms with Crippen molar-refractivity contribution in [2.45, 2.75) is 13.5 Å². The van der Waals surface area contributed by atoms with Crippen molar-refractivity contribution in [2.75, 3.05) is 11.9 Å². The van der Waals surface area contributed by atoms with E-state index in [4.69, 9.17) is 9.15 Å². The Hall–Kier alpha value is -3.69. The van der Waals surface area contributed by atoms with Crippen LogP contribution in [0.15, 0.2) is 70.0 Å². The summed E-state index contributed by atoms with van der Waals surface area (Å²) in [5.74, 6) is -1.25. The van der Waals surface area contributed by atoms with Crippen molar-refractivity contribution in [3.63, 3.8) is 0 Å². The number of carbonyl (C=O) groups is 2. The van der Waals surface area contributed by atoms with Crippen molar-refractivity contribution in [1.29, 1.82) is 0 Å². The molecular weight excluding hydrogens is 475 g/mol. The van der Waals surface area contributed by atoms with Crippen molar-refractivity contribution in [3.05, 3.63) is 88.2 Å². The van der Waals surface area contributed by atoms with Crippen LogP contribution in [0.25, 0.3) is 21.5 Å². The number of halogens is 1. The minimum absolute atomic E-state index is 0.221. The Labute approximate surface area is 202 Å². The first-order valence-electron chi connectivity index (χ1n) is 10.5. The number of carbonyl (C=O) groups excluding carboxylic acids is 2. The lowest BCUT2D eigenvalue weighted by Gasteiger charge is -2.11. The van der Waals surface area contributed by atoms with E-state index in [0.717, 1.165) is 10.4 Å². The van der Waals surface area contributed by atoms with Crippen molar-refractivity contribution in [1.82, 2.24) is 4.57 Å². The van der Waals surface area contributed by atoms with Crippen molar-refractivity contribution >= 4 is 50.7 Å². The van der Waals surface area contributed by atoms with Gasteiger partial charge in [-0.25, -0.2) is 9.18 Å². The number of fused-ring (bicyclic) bond motifs is 1. The van der Waals surface area contributed by atoms with Gasteiger partial charge in [0.1, 0.15) is 22.1 Å². The van der Waals surface area contributed by atoms with Crippen LogP contribution in [0.4, 0.5) is 9.39 Å². The molecule has 0 aliphatic rings. The van der Waals surface area contributed by atoms with Gasteiger partial charge in [-0.15, -0.1) is 22.7 Å². The quantitative estimate of drug-likeness (QED) is 0.257. The standard InChI is InChI=1S/C25H19FN2O4S2/c1-2-31-25(30)22-17(21-7-4-10-33-21)14-34-24(22)27-23(29)19-12-20-18(8-9-32-20)28(19)13-15-5-3-6-16(26)11-15/h3-12,14H,2,13H2,1H3,(H,27,29). The van der Waals surface area contributed by atoms with Crippen LogP contribution in [0, 0.1) is 5.82 Å². The van der Waals surface area contributed by atoms with Crippen molar-refractivity contribution in [3.8, 4) is 10.4 Å². The molecule has 172 valence electrons. The van der Waals surface area contributed by atoms with Gasteiger partial charge in [0.2, 0.25) is 0 Å². The summed E-state index contributed by atoms with van der Waals surface area (Å²) >= 11 is 2.77. The smallest absolute Gasteiger partial charge is 0.341 e. The van der Waals surface area contributed by atoms with Gasteiger partial charge in [-0.1, -0.05) is 18.2 Å². The molecule has 0 aliphatic heterocycles. The molecule has 0 atom stereocenters. The first-order chi connectivity index (χ1) is 16.5. The lowest BCUT2D eigenvalue weighted by atomic mass is 10.1. The van der Waals surface area contributed by atoms with Crippen LogP contribution in [-0.4, -0.2) is 23.1 Å². The van der Waals surface area contributed by atoms with E-state index in [2.05, 4.69) is 5.32 Å². The molecule has 0 spiro atoms. The Bertz CT molecular complexity index is 1480. The number of hydrogen-bond acceptors (Lipinski definition) is 6. The van der Waals surface area contributed by atoms with Gasteiger partial charge >= 0.3 is 5.97 Å². The number of anilines is 1. The van der Waals surface area contributed by atoms with E-state index in [0.29, 0.717) is 32.9 Å². The third kappa shape index (κ3) is 4.15. The van der Waals surface area contributed by atoms with E-state index in [1.54, 1.807) is 42.0 Å². The molecule has 0 fully saturated rings. The van der Waals surface area contributed by atoms with E-state index in [1.165, 1.54) is 34.8 Å². The van der Waals surface area contributed by atoms with Gasteiger partial charge < -0.3 is 19.0 Å². The summed E-state index contributed by atoms with van der Waals surface area (Å²) < 4.78 is 26.3. The average molecular weight is 495 g/mol. The summed E-state index contributed by atoms with van der Waals surface area (Å²) in [7, 11) is 0. The number of nitrogens with zero attached hydrogens (tertiary/aromatic N) is 1. The second-order valence-electron chi connectivity index (χ2n) is 7.42. The SMILES string of the molecule is CCOC(=O)c1c(-c2cccs2)csc1NC(=O)c1cc2occc2n1Cc1cccc(F)c1.